The number of likely N-dealkylation sites (tertiary alicyclic amines) is 1. The summed E-state index contributed by atoms with van der Waals surface area (Å²) in [7, 11) is 2.24. The van der Waals surface area contributed by atoms with E-state index < -0.39 is 0 Å². The standard InChI is InChI=1S/C20H24N4S/c1-23-10-2-4-17(23)9-12-24-11-8-15-6-7-16(14-18(15)24)22-20(21)19-5-3-13-25-19/h3,5-8,11,13-14,17H,2,4,9-10,12H2,1H3,(H2,21,22)/t17-/m0/s1. The van der Waals surface area contributed by atoms with Crippen molar-refractivity contribution >= 4 is 33.8 Å². The number of aromatic nitrogens is 1. The maximum absolute atomic E-state index is 8.21. The molecule has 1 atom stereocenters. The van der Waals surface area contributed by atoms with E-state index in [2.05, 4.69) is 52.3 Å². The number of amidine groups is 1. The van der Waals surface area contributed by atoms with Gasteiger partial charge in [0.1, 0.15) is 5.84 Å². The lowest BCUT2D eigenvalue weighted by Crippen LogP contribution is -2.25. The van der Waals surface area contributed by atoms with Gasteiger partial charge >= 0.3 is 0 Å². The lowest BCUT2D eigenvalue weighted by Gasteiger charge is -2.19. The zero-order valence-corrected chi connectivity index (χ0v) is 15.4. The average molecular weight is 353 g/mol. The van der Waals surface area contributed by atoms with Crippen LogP contribution in [-0.2, 0) is 6.54 Å². The highest BCUT2D eigenvalue weighted by molar-refractivity contribution is 7.12. The van der Waals surface area contributed by atoms with Crippen molar-refractivity contribution < 1.29 is 0 Å². The molecule has 3 heterocycles. The molecule has 0 aliphatic carbocycles. The van der Waals surface area contributed by atoms with Gasteiger partial charge in [-0.3, -0.25) is 5.41 Å². The summed E-state index contributed by atoms with van der Waals surface area (Å²) in [5.74, 6) is 0.458. The smallest absolute Gasteiger partial charge is 0.140 e. The third kappa shape index (κ3) is 3.48. The van der Waals surface area contributed by atoms with Crippen LogP contribution in [-0.4, -0.2) is 34.9 Å². The molecule has 1 aliphatic rings. The summed E-state index contributed by atoms with van der Waals surface area (Å²) in [4.78, 5) is 3.45. The van der Waals surface area contributed by atoms with Crippen molar-refractivity contribution in [1.29, 1.82) is 5.41 Å². The average Bonchev–Trinajstić information content (AvgIpc) is 3.34. The van der Waals surface area contributed by atoms with E-state index >= 15 is 0 Å². The molecule has 130 valence electrons. The molecule has 0 spiro atoms. The van der Waals surface area contributed by atoms with E-state index in [0.717, 1.165) is 17.1 Å². The van der Waals surface area contributed by atoms with Crippen molar-refractivity contribution in [2.24, 2.45) is 0 Å². The number of benzene rings is 1. The SMILES string of the molecule is CN1CCC[C@H]1CCn1ccc2ccc(NC(=N)c3cccs3)cc21. The lowest BCUT2D eigenvalue weighted by atomic mass is 10.1. The van der Waals surface area contributed by atoms with Gasteiger partial charge in [0, 0.05) is 24.5 Å². The fraction of sp³-hybridized carbons (Fsp3) is 0.350. The molecule has 2 N–H and O–H groups in total. The maximum atomic E-state index is 8.21. The topological polar surface area (TPSA) is 44.0 Å². The van der Waals surface area contributed by atoms with E-state index in [1.54, 1.807) is 11.3 Å². The molecule has 1 fully saturated rings. The van der Waals surface area contributed by atoms with Gasteiger partial charge < -0.3 is 14.8 Å². The Morgan fingerprint density at radius 2 is 2.24 bits per heavy atom. The summed E-state index contributed by atoms with van der Waals surface area (Å²) >= 11 is 1.58. The van der Waals surface area contributed by atoms with Crippen molar-refractivity contribution in [1.82, 2.24) is 9.47 Å². The van der Waals surface area contributed by atoms with Crippen molar-refractivity contribution in [3.63, 3.8) is 0 Å². The minimum atomic E-state index is 0.458. The van der Waals surface area contributed by atoms with Crippen LogP contribution in [0.4, 0.5) is 5.69 Å². The highest BCUT2D eigenvalue weighted by atomic mass is 32.1. The van der Waals surface area contributed by atoms with Crippen LogP contribution in [0.25, 0.3) is 10.9 Å². The first-order chi connectivity index (χ1) is 12.2. The minimum absolute atomic E-state index is 0.458. The van der Waals surface area contributed by atoms with E-state index in [4.69, 9.17) is 5.41 Å². The first-order valence-corrected chi connectivity index (χ1v) is 9.77. The third-order valence-corrected chi connectivity index (χ3v) is 6.07. The first-order valence-electron chi connectivity index (χ1n) is 8.89. The molecule has 0 amide bonds. The van der Waals surface area contributed by atoms with Crippen LogP contribution in [0, 0.1) is 5.41 Å². The summed E-state index contributed by atoms with van der Waals surface area (Å²) in [6.07, 6.45) is 6.03. The number of hydrogen-bond acceptors (Lipinski definition) is 3. The molecule has 1 aliphatic heterocycles. The Morgan fingerprint density at radius 1 is 1.32 bits per heavy atom. The summed E-state index contributed by atoms with van der Waals surface area (Å²) in [6.45, 7) is 2.28. The highest BCUT2D eigenvalue weighted by Crippen LogP contribution is 2.24. The van der Waals surface area contributed by atoms with Crippen molar-refractivity contribution in [2.45, 2.75) is 31.8 Å². The number of nitrogens with zero attached hydrogens (tertiary/aromatic N) is 2. The molecule has 0 bridgehead atoms. The van der Waals surface area contributed by atoms with Gasteiger partial charge in [-0.1, -0.05) is 12.1 Å². The fourth-order valence-electron chi connectivity index (χ4n) is 3.72. The largest absolute Gasteiger partial charge is 0.347 e. The highest BCUT2D eigenvalue weighted by Gasteiger charge is 2.20. The van der Waals surface area contributed by atoms with Gasteiger partial charge in [0.15, 0.2) is 0 Å². The molecule has 0 radical (unpaired) electrons. The first kappa shape index (κ1) is 16.4. The lowest BCUT2D eigenvalue weighted by molar-refractivity contribution is 0.287. The Hall–Kier alpha value is -2.11. The zero-order valence-electron chi connectivity index (χ0n) is 14.5. The second-order valence-electron chi connectivity index (χ2n) is 6.83. The number of aryl methyl sites for hydroxylation is 1. The normalized spacial score (nSPS) is 18.0. The molecule has 1 aromatic carbocycles. The summed E-state index contributed by atoms with van der Waals surface area (Å²) in [6, 6.07) is 13.2. The van der Waals surface area contributed by atoms with E-state index in [1.807, 2.05) is 17.5 Å². The second-order valence-corrected chi connectivity index (χ2v) is 7.77. The van der Waals surface area contributed by atoms with Crippen molar-refractivity contribution in [3.8, 4) is 0 Å². The number of hydrogen-bond donors (Lipinski definition) is 2. The Labute approximate surface area is 152 Å². The van der Waals surface area contributed by atoms with Crippen LogP contribution < -0.4 is 5.32 Å². The number of thiophene rings is 1. The van der Waals surface area contributed by atoms with Gasteiger partial charge in [-0.25, -0.2) is 0 Å². The minimum Gasteiger partial charge on any atom is -0.347 e. The molecule has 4 rings (SSSR count). The molecule has 5 heteroatoms. The molecule has 2 aromatic heterocycles. The second kappa shape index (κ2) is 7.02. The molecule has 3 aromatic rings. The summed E-state index contributed by atoms with van der Waals surface area (Å²) in [5.41, 5.74) is 2.22. The quantitative estimate of drug-likeness (QED) is 0.519. The predicted octanol–water partition coefficient (Wildman–Crippen LogP) is 4.62. The Morgan fingerprint density at radius 3 is 3.00 bits per heavy atom. The Balaban J connectivity index is 1.50. The van der Waals surface area contributed by atoms with Gasteiger partial charge in [0.2, 0.25) is 0 Å². The Kier molecular flexibility index (Phi) is 4.59. The van der Waals surface area contributed by atoms with E-state index in [1.165, 1.54) is 36.7 Å². The van der Waals surface area contributed by atoms with E-state index in [9.17, 15) is 0 Å². The Bertz CT molecular complexity index is 865. The molecule has 25 heavy (non-hydrogen) atoms. The summed E-state index contributed by atoms with van der Waals surface area (Å²) in [5, 5.41) is 14.7. The van der Waals surface area contributed by atoms with Crippen molar-refractivity contribution in [2.75, 3.05) is 18.9 Å². The van der Waals surface area contributed by atoms with Crippen LogP contribution in [0.3, 0.4) is 0 Å². The number of rotatable bonds is 5. The van der Waals surface area contributed by atoms with Crippen molar-refractivity contribution in [3.05, 3.63) is 52.9 Å². The predicted molar refractivity (Wildman–Crippen MR) is 107 cm³/mol. The summed E-state index contributed by atoms with van der Waals surface area (Å²) < 4.78 is 2.35. The fourth-order valence-corrected chi connectivity index (χ4v) is 4.35. The van der Waals surface area contributed by atoms with Gasteiger partial charge in [-0.05, 0) is 67.9 Å². The zero-order chi connectivity index (χ0) is 17.2. The molecule has 0 unspecified atom stereocenters. The van der Waals surface area contributed by atoms with Gasteiger partial charge in [0.25, 0.3) is 0 Å². The molecule has 4 nitrogen and oxygen atoms in total. The number of anilines is 1. The van der Waals surface area contributed by atoms with E-state index in [0.29, 0.717) is 11.9 Å². The van der Waals surface area contributed by atoms with Crippen LogP contribution >= 0.6 is 11.3 Å². The van der Waals surface area contributed by atoms with Crippen LogP contribution in [0.15, 0.2) is 48.0 Å². The van der Waals surface area contributed by atoms with E-state index in [-0.39, 0.29) is 0 Å². The third-order valence-electron chi connectivity index (χ3n) is 5.19. The maximum Gasteiger partial charge on any atom is 0.140 e. The number of fused-ring (bicyclic) bond motifs is 1. The van der Waals surface area contributed by atoms with Crippen LogP contribution in [0.2, 0.25) is 0 Å². The molecule has 1 saturated heterocycles. The number of nitrogens with one attached hydrogen (secondary N) is 2. The molecular weight excluding hydrogens is 328 g/mol. The van der Waals surface area contributed by atoms with Gasteiger partial charge in [-0.2, -0.15) is 0 Å². The molecule has 0 saturated carbocycles. The van der Waals surface area contributed by atoms with Gasteiger partial charge in [0.05, 0.1) is 10.4 Å². The molecular formula is C20H24N4S. The van der Waals surface area contributed by atoms with Gasteiger partial charge in [-0.15, -0.1) is 11.3 Å². The monoisotopic (exact) mass is 352 g/mol. The van der Waals surface area contributed by atoms with Crippen LogP contribution in [0.1, 0.15) is 24.1 Å². The van der Waals surface area contributed by atoms with Crippen LogP contribution in [0.5, 0.6) is 0 Å².